The monoisotopic (exact) mass is 623 g/mol. The molecule has 0 aliphatic carbocycles. The molecule has 0 spiro atoms. The summed E-state index contributed by atoms with van der Waals surface area (Å²) in [7, 11) is 0. The van der Waals surface area contributed by atoms with Gasteiger partial charge in [0.15, 0.2) is 5.78 Å². The zero-order chi connectivity index (χ0) is 28.6. The van der Waals surface area contributed by atoms with Crippen LogP contribution in [0.4, 0.5) is 9.59 Å². The highest BCUT2D eigenvalue weighted by Crippen LogP contribution is 2.07. The molecule has 0 radical (unpaired) electrons. The van der Waals surface area contributed by atoms with Crippen LogP contribution in [0.1, 0.15) is 85.1 Å². The smallest absolute Gasteiger partial charge is 0.408 e. The van der Waals surface area contributed by atoms with E-state index in [0.717, 1.165) is 0 Å². The lowest BCUT2D eigenvalue weighted by Crippen LogP contribution is -2.44. The van der Waals surface area contributed by atoms with Crippen LogP contribution in [0.3, 0.4) is 0 Å². The van der Waals surface area contributed by atoms with Crippen LogP contribution in [0.2, 0.25) is 0 Å². The highest BCUT2D eigenvalue weighted by atomic mass is 32.1. The summed E-state index contributed by atoms with van der Waals surface area (Å²) in [6.07, 6.45) is -1.34. The number of Topliss-reactive ketones (excluding diaryl/α,β-unsaturated/α-hetero) is 2. The summed E-state index contributed by atoms with van der Waals surface area (Å²) < 4.78 is 9.86. The number of aliphatic carboxylic acids is 1. The van der Waals surface area contributed by atoms with Crippen LogP contribution in [-0.2, 0) is 23.9 Å². The molecule has 0 rings (SSSR count). The number of rotatable bonds is 8. The van der Waals surface area contributed by atoms with Gasteiger partial charge >= 0.3 is 18.2 Å². The predicted octanol–water partition coefficient (Wildman–Crippen LogP) is 4.67. The predicted molar refractivity (Wildman–Crippen MR) is 172 cm³/mol. The second kappa shape index (κ2) is 26.6. The molecule has 0 heterocycles. The summed E-state index contributed by atoms with van der Waals surface area (Å²) in [6, 6.07) is -1.97. The number of carboxylic acid groups (broad SMARTS) is 1. The summed E-state index contributed by atoms with van der Waals surface area (Å²) in [5.41, 5.74) is 4.00. The summed E-state index contributed by atoms with van der Waals surface area (Å²) in [5, 5.41) is 13.2. The Morgan fingerprint density at radius 1 is 0.692 bits per heavy atom. The molecule has 0 saturated carbocycles. The molecule has 0 saturated heterocycles. The normalized spacial score (nSPS) is 11.9. The summed E-state index contributed by atoms with van der Waals surface area (Å²) in [5.74, 6) is -0.537. The van der Waals surface area contributed by atoms with E-state index in [2.05, 4.69) is 48.5 Å². The molecular weight excluding hydrogens is 566 g/mol. The zero-order valence-electron chi connectivity index (χ0n) is 21.6. The molecule has 11 nitrogen and oxygen atoms in total. The Morgan fingerprint density at radius 2 is 1.00 bits per heavy atom. The Labute approximate surface area is 253 Å². The van der Waals surface area contributed by atoms with Crippen LogP contribution in [0.5, 0.6) is 0 Å². The molecule has 238 valence electrons. The van der Waals surface area contributed by atoms with Crippen molar-refractivity contribution in [1.29, 1.82) is 0 Å². The molecule has 0 aliphatic rings. The minimum Gasteiger partial charge on any atom is -0.480 e. The largest absolute Gasteiger partial charge is 0.480 e. The molecule has 5 N–H and O–H groups in total. The number of nitrogens with two attached hydrogens (primary N) is 1. The van der Waals surface area contributed by atoms with Gasteiger partial charge < -0.3 is 30.9 Å². The number of ketones is 2. The fraction of sp³-hybridized carbons (Fsp3) is 0.800. The molecule has 0 aromatic carbocycles. The number of thiol groups is 3. The van der Waals surface area contributed by atoms with Crippen molar-refractivity contribution in [1.82, 2.24) is 10.6 Å². The highest BCUT2D eigenvalue weighted by Gasteiger charge is 2.23. The van der Waals surface area contributed by atoms with E-state index in [9.17, 15) is 24.0 Å². The minimum atomic E-state index is -1.13. The lowest BCUT2D eigenvalue weighted by molar-refractivity contribution is -0.138. The van der Waals surface area contributed by atoms with E-state index in [4.69, 9.17) is 20.3 Å². The van der Waals surface area contributed by atoms with Crippen molar-refractivity contribution in [2.24, 2.45) is 5.73 Å². The van der Waals surface area contributed by atoms with Crippen LogP contribution in [0.15, 0.2) is 0 Å². The Kier molecular flexibility index (Phi) is 36.5. The molecule has 0 aliphatic heterocycles. The van der Waals surface area contributed by atoms with Gasteiger partial charge in [0.25, 0.3) is 0 Å². The van der Waals surface area contributed by atoms with E-state index in [1.807, 2.05) is 0 Å². The van der Waals surface area contributed by atoms with Crippen molar-refractivity contribution < 1.29 is 38.6 Å². The standard InChI is InChI=1S/C9H17NO3S.C8H15NO4S.C4H9NOS.4CH4/c1-6(11)7(5-14)10-8(12)13-9(2,3)4;1-8(2,3)13-7(12)9-5(4-14)6(10)11;1-3(6)4(5)2-7;;;;/h7,14H,5H2,1-4H3,(H,10,12);5,14H,4H2,1-3H3,(H,9,12)(H,10,11);4,7H,2,5H2,1H3;4*1H4. The average Bonchev–Trinajstić information content (AvgIpc) is 2.67. The van der Waals surface area contributed by atoms with Crippen LogP contribution >= 0.6 is 37.9 Å². The van der Waals surface area contributed by atoms with Crippen molar-refractivity contribution in [3.8, 4) is 0 Å². The molecule has 0 aromatic rings. The van der Waals surface area contributed by atoms with Gasteiger partial charge in [-0.2, -0.15) is 37.9 Å². The van der Waals surface area contributed by atoms with Gasteiger partial charge in [0.1, 0.15) is 23.0 Å². The van der Waals surface area contributed by atoms with Crippen molar-refractivity contribution in [3.05, 3.63) is 0 Å². The molecule has 0 bridgehead atoms. The summed E-state index contributed by atoms with van der Waals surface area (Å²) >= 11 is 11.5. The van der Waals surface area contributed by atoms with E-state index in [1.165, 1.54) is 13.8 Å². The summed E-state index contributed by atoms with van der Waals surface area (Å²) in [6.45, 7) is 13.2. The van der Waals surface area contributed by atoms with Gasteiger partial charge in [-0.1, -0.05) is 29.7 Å². The van der Waals surface area contributed by atoms with E-state index in [0.29, 0.717) is 5.75 Å². The minimum absolute atomic E-state index is 0. The lowest BCUT2D eigenvalue weighted by Gasteiger charge is -2.21. The van der Waals surface area contributed by atoms with Gasteiger partial charge in [-0.15, -0.1) is 0 Å². The van der Waals surface area contributed by atoms with E-state index < -0.39 is 41.4 Å². The fourth-order valence-electron chi connectivity index (χ4n) is 1.49. The van der Waals surface area contributed by atoms with Crippen molar-refractivity contribution in [2.75, 3.05) is 17.3 Å². The Bertz CT molecular complexity index is 649. The number of nitrogens with one attached hydrogen (secondary N) is 2. The number of alkyl carbamates (subject to hydrolysis) is 2. The highest BCUT2D eigenvalue weighted by molar-refractivity contribution is 7.80. The second-order valence-electron chi connectivity index (χ2n) is 9.11. The van der Waals surface area contributed by atoms with Crippen molar-refractivity contribution >= 4 is 67.6 Å². The Hall–Kier alpha value is -1.64. The number of carbonyl (C=O) groups excluding carboxylic acids is 4. The quantitative estimate of drug-likeness (QED) is 0.190. The second-order valence-corrected chi connectivity index (χ2v) is 10.2. The van der Waals surface area contributed by atoms with Gasteiger partial charge in [0.2, 0.25) is 0 Å². The summed E-state index contributed by atoms with van der Waals surface area (Å²) in [4.78, 5) is 54.0. The number of amides is 2. The average molecular weight is 624 g/mol. The van der Waals surface area contributed by atoms with Crippen molar-refractivity contribution in [2.45, 2.75) is 114 Å². The first-order chi connectivity index (χ1) is 15.7. The topological polar surface area (TPSA) is 174 Å². The first-order valence-electron chi connectivity index (χ1n) is 10.5. The maximum absolute atomic E-state index is 11.2. The number of carboxylic acids is 1. The third-order valence-electron chi connectivity index (χ3n) is 3.25. The van der Waals surface area contributed by atoms with Gasteiger partial charge in [0, 0.05) is 17.3 Å². The van der Waals surface area contributed by atoms with Gasteiger partial charge in [-0.3, -0.25) is 9.59 Å². The number of ether oxygens (including phenoxy) is 2. The van der Waals surface area contributed by atoms with E-state index in [1.54, 1.807) is 41.5 Å². The zero-order valence-corrected chi connectivity index (χ0v) is 24.3. The first-order valence-corrected chi connectivity index (χ1v) is 12.4. The van der Waals surface area contributed by atoms with E-state index in [-0.39, 0.29) is 58.8 Å². The number of hydrogen-bond acceptors (Lipinski definition) is 11. The van der Waals surface area contributed by atoms with Gasteiger partial charge in [0.05, 0.1) is 12.1 Å². The number of hydrogen-bond donors (Lipinski definition) is 7. The van der Waals surface area contributed by atoms with Crippen LogP contribution in [0, 0.1) is 0 Å². The van der Waals surface area contributed by atoms with Gasteiger partial charge in [-0.05, 0) is 55.4 Å². The Balaban J connectivity index is -0.0000000786. The molecular formula is C25H57N3O8S3. The SMILES string of the molecule is C.C.C.C.CC(=O)C(CS)NC(=O)OC(C)(C)C.CC(=O)C(N)CS.CC(C)(C)OC(=O)NC(CS)C(=O)O. The van der Waals surface area contributed by atoms with Gasteiger partial charge in [-0.25, -0.2) is 14.4 Å². The maximum atomic E-state index is 11.2. The molecule has 2 amide bonds. The molecule has 3 atom stereocenters. The number of carbonyl (C=O) groups is 5. The lowest BCUT2D eigenvalue weighted by atomic mass is 10.2. The molecule has 39 heavy (non-hydrogen) atoms. The first kappa shape index (κ1) is 53.6. The van der Waals surface area contributed by atoms with Crippen LogP contribution in [-0.4, -0.2) is 81.4 Å². The van der Waals surface area contributed by atoms with E-state index >= 15 is 0 Å². The third kappa shape index (κ3) is 36.4. The Morgan fingerprint density at radius 3 is 1.15 bits per heavy atom. The molecule has 0 aromatic heterocycles. The molecule has 3 unspecified atom stereocenters. The van der Waals surface area contributed by atoms with Crippen molar-refractivity contribution in [3.63, 3.8) is 0 Å². The fourth-order valence-corrected chi connectivity index (χ4v) is 2.34. The van der Waals surface area contributed by atoms with Crippen LogP contribution < -0.4 is 16.4 Å². The third-order valence-corrected chi connectivity index (χ3v) is 4.38. The molecule has 0 fully saturated rings. The van der Waals surface area contributed by atoms with Crippen LogP contribution in [0.25, 0.3) is 0 Å². The molecule has 14 heteroatoms. The maximum Gasteiger partial charge on any atom is 0.408 e.